The van der Waals surface area contributed by atoms with E-state index in [1.165, 1.54) is 0 Å². The lowest BCUT2D eigenvalue weighted by atomic mass is 10.0. The normalized spacial score (nSPS) is 12.4. The molecule has 3 heteroatoms. The first-order chi connectivity index (χ1) is 13.9. The molecule has 0 heterocycles. The molecule has 0 amide bonds. The first-order valence-corrected chi connectivity index (χ1v) is 9.90. The van der Waals surface area contributed by atoms with Gasteiger partial charge >= 0.3 is 0 Å². The quantitative estimate of drug-likeness (QED) is 0.411. The summed E-state index contributed by atoms with van der Waals surface area (Å²) in [6, 6.07) is 7.83. The number of methoxy groups -OCH3 is 1. The van der Waals surface area contributed by atoms with Crippen LogP contribution in [0.25, 0.3) is 6.08 Å². The third kappa shape index (κ3) is 9.11. The number of carbonyl (C=O) groups excluding carboxylic acids is 1. The largest absolute Gasteiger partial charge is 0.496 e. The van der Waals surface area contributed by atoms with E-state index in [1.54, 1.807) is 14.0 Å². The van der Waals surface area contributed by atoms with Crippen molar-refractivity contribution in [1.82, 2.24) is 5.32 Å². The highest BCUT2D eigenvalue weighted by atomic mass is 16.5. The van der Waals surface area contributed by atoms with Crippen LogP contribution in [0.2, 0.25) is 0 Å². The number of para-hydroxylation sites is 1. The van der Waals surface area contributed by atoms with Crippen molar-refractivity contribution in [3.63, 3.8) is 0 Å². The molecule has 1 aromatic rings. The molecule has 3 nitrogen and oxygen atoms in total. The number of carbonyl (C=O) groups is 1. The van der Waals surface area contributed by atoms with Crippen molar-refractivity contribution in [3.05, 3.63) is 95.9 Å². The Morgan fingerprint density at radius 3 is 2.55 bits per heavy atom. The average Bonchev–Trinajstić information content (AvgIpc) is 2.69. The van der Waals surface area contributed by atoms with Gasteiger partial charge in [0.15, 0.2) is 0 Å². The van der Waals surface area contributed by atoms with Gasteiger partial charge in [-0.05, 0) is 43.6 Å². The Morgan fingerprint density at radius 1 is 1.21 bits per heavy atom. The van der Waals surface area contributed by atoms with Crippen LogP contribution in [0, 0.1) is 0 Å². The average molecular weight is 392 g/mol. The van der Waals surface area contributed by atoms with Crippen LogP contribution in [0.4, 0.5) is 0 Å². The molecule has 0 radical (unpaired) electrons. The van der Waals surface area contributed by atoms with Crippen LogP contribution in [0.1, 0.15) is 45.6 Å². The molecule has 0 saturated carbocycles. The minimum atomic E-state index is 0.111. The minimum Gasteiger partial charge on any atom is -0.496 e. The molecule has 1 N–H and O–H groups in total. The van der Waals surface area contributed by atoms with Gasteiger partial charge in [0.25, 0.3) is 0 Å². The summed E-state index contributed by atoms with van der Waals surface area (Å²) in [6.07, 6.45) is 14.0. The van der Waals surface area contributed by atoms with E-state index in [4.69, 9.17) is 4.74 Å². The van der Waals surface area contributed by atoms with E-state index in [0.29, 0.717) is 6.42 Å². The van der Waals surface area contributed by atoms with Crippen molar-refractivity contribution in [3.8, 4) is 5.75 Å². The van der Waals surface area contributed by atoms with Crippen LogP contribution >= 0.6 is 0 Å². The Hall–Kier alpha value is -3.07. The van der Waals surface area contributed by atoms with Gasteiger partial charge in [-0.15, -0.1) is 0 Å². The second kappa shape index (κ2) is 13.2. The number of nitrogens with one attached hydrogen (secondary N) is 1. The number of hydrogen-bond acceptors (Lipinski definition) is 3. The predicted molar refractivity (Wildman–Crippen MR) is 125 cm³/mol. The van der Waals surface area contributed by atoms with Gasteiger partial charge in [-0.1, -0.05) is 75.1 Å². The molecule has 0 aromatic heterocycles. The summed E-state index contributed by atoms with van der Waals surface area (Å²) >= 11 is 0. The highest BCUT2D eigenvalue weighted by molar-refractivity contribution is 5.77. The van der Waals surface area contributed by atoms with Crippen LogP contribution in [-0.2, 0) is 4.79 Å². The molecular formula is C26H33NO2. The van der Waals surface area contributed by atoms with Gasteiger partial charge < -0.3 is 10.1 Å². The summed E-state index contributed by atoms with van der Waals surface area (Å²) in [4.78, 5) is 11.5. The van der Waals surface area contributed by atoms with Crippen molar-refractivity contribution in [1.29, 1.82) is 0 Å². The van der Waals surface area contributed by atoms with Gasteiger partial charge in [-0.25, -0.2) is 0 Å². The third-order valence-electron chi connectivity index (χ3n) is 4.07. The van der Waals surface area contributed by atoms with Crippen molar-refractivity contribution in [2.24, 2.45) is 0 Å². The zero-order valence-corrected chi connectivity index (χ0v) is 18.1. The number of ether oxygens (including phenoxy) is 1. The summed E-state index contributed by atoms with van der Waals surface area (Å²) in [6.45, 7) is 13.9. The summed E-state index contributed by atoms with van der Waals surface area (Å²) in [5.74, 6) is 0.925. The van der Waals surface area contributed by atoms with Crippen molar-refractivity contribution >= 4 is 11.9 Å². The molecule has 154 valence electrons. The molecule has 0 aliphatic rings. The molecule has 0 unspecified atom stereocenters. The molecule has 0 aliphatic heterocycles. The molecule has 0 spiro atoms. The Kier molecular flexibility index (Phi) is 10.9. The Morgan fingerprint density at radius 2 is 1.93 bits per heavy atom. The van der Waals surface area contributed by atoms with Gasteiger partial charge in [0.05, 0.1) is 7.11 Å². The van der Waals surface area contributed by atoms with Gasteiger partial charge in [-0.2, -0.15) is 0 Å². The standard InChI is InChI=1S/C26H33NO2/c1-7-11-21(4)27-25(18-16-22(5)28)24(12-8-2)19-20(3)15-17-23-13-9-10-14-26(23)29-6/h8-10,12-15,17-19,27H,3-4,7,11,16H2,1-2,5-6H3/b12-8-,17-15+,24-19+,25-18-. The lowest BCUT2D eigenvalue weighted by Crippen LogP contribution is -2.14. The minimum absolute atomic E-state index is 0.111. The van der Waals surface area contributed by atoms with Gasteiger partial charge in [0.2, 0.25) is 0 Å². The second-order valence-corrected chi connectivity index (χ2v) is 6.75. The van der Waals surface area contributed by atoms with Crippen LogP contribution in [0.5, 0.6) is 5.75 Å². The SMILES string of the molecule is C=C(/C=C/c1ccccc1OC)/C=C(\C=C/C)C(=C/CC(C)=O)/NC(=C)CCC. The number of allylic oxidation sites excluding steroid dienone is 7. The fourth-order valence-corrected chi connectivity index (χ4v) is 2.69. The fourth-order valence-electron chi connectivity index (χ4n) is 2.69. The molecule has 0 fully saturated rings. The van der Waals surface area contributed by atoms with E-state index in [0.717, 1.165) is 46.7 Å². The molecule has 0 saturated heterocycles. The number of rotatable bonds is 12. The lowest BCUT2D eigenvalue weighted by molar-refractivity contribution is -0.116. The summed E-state index contributed by atoms with van der Waals surface area (Å²) in [5, 5.41) is 3.37. The first kappa shape index (κ1) is 24.0. The van der Waals surface area contributed by atoms with E-state index in [9.17, 15) is 4.79 Å². The Bertz CT molecular complexity index is 838. The summed E-state index contributed by atoms with van der Waals surface area (Å²) in [5.41, 5.74) is 4.55. The molecule has 0 atom stereocenters. The molecule has 0 aliphatic carbocycles. The molecule has 0 bridgehead atoms. The number of benzene rings is 1. The lowest BCUT2D eigenvalue weighted by Gasteiger charge is -2.15. The van der Waals surface area contributed by atoms with Crippen LogP contribution in [-0.4, -0.2) is 12.9 Å². The maximum Gasteiger partial charge on any atom is 0.133 e. The fraction of sp³-hybridized carbons (Fsp3) is 0.269. The third-order valence-corrected chi connectivity index (χ3v) is 4.07. The topological polar surface area (TPSA) is 38.3 Å². The van der Waals surface area contributed by atoms with E-state index in [-0.39, 0.29) is 5.78 Å². The predicted octanol–water partition coefficient (Wildman–Crippen LogP) is 6.53. The molecular weight excluding hydrogens is 358 g/mol. The van der Waals surface area contributed by atoms with E-state index >= 15 is 0 Å². The smallest absolute Gasteiger partial charge is 0.133 e. The number of ketones is 1. The van der Waals surface area contributed by atoms with Gasteiger partial charge in [0.1, 0.15) is 11.5 Å². The Labute approximate surface area is 175 Å². The first-order valence-electron chi connectivity index (χ1n) is 9.90. The van der Waals surface area contributed by atoms with Crippen LogP contribution < -0.4 is 10.1 Å². The van der Waals surface area contributed by atoms with Crippen molar-refractivity contribution in [2.45, 2.75) is 40.0 Å². The highest BCUT2D eigenvalue weighted by Gasteiger charge is 2.05. The van der Waals surface area contributed by atoms with Crippen molar-refractivity contribution in [2.75, 3.05) is 7.11 Å². The van der Waals surface area contributed by atoms with Gasteiger partial charge in [-0.3, -0.25) is 4.79 Å². The summed E-state index contributed by atoms with van der Waals surface area (Å²) in [7, 11) is 1.66. The van der Waals surface area contributed by atoms with Gasteiger partial charge in [0, 0.05) is 23.4 Å². The zero-order chi connectivity index (χ0) is 21.6. The maximum atomic E-state index is 11.5. The zero-order valence-electron chi connectivity index (χ0n) is 18.1. The number of hydrogen-bond donors (Lipinski definition) is 1. The second-order valence-electron chi connectivity index (χ2n) is 6.75. The monoisotopic (exact) mass is 391 g/mol. The van der Waals surface area contributed by atoms with E-state index in [1.807, 2.05) is 67.6 Å². The summed E-state index contributed by atoms with van der Waals surface area (Å²) < 4.78 is 5.39. The maximum absolute atomic E-state index is 11.5. The van der Waals surface area contributed by atoms with E-state index in [2.05, 4.69) is 25.4 Å². The Balaban J connectivity index is 3.17. The van der Waals surface area contributed by atoms with Crippen LogP contribution in [0.15, 0.2) is 90.3 Å². The van der Waals surface area contributed by atoms with Crippen molar-refractivity contribution < 1.29 is 9.53 Å². The van der Waals surface area contributed by atoms with Crippen LogP contribution in [0.3, 0.4) is 0 Å². The molecule has 1 aromatic carbocycles. The number of Topliss-reactive ketones (excluding diaryl/α,β-unsaturated/α-hetero) is 1. The molecule has 1 rings (SSSR count). The molecule has 29 heavy (non-hydrogen) atoms. The highest BCUT2D eigenvalue weighted by Crippen LogP contribution is 2.21. The van der Waals surface area contributed by atoms with E-state index < -0.39 is 0 Å².